The Morgan fingerprint density at radius 2 is 2.10 bits per heavy atom. The third-order valence-corrected chi connectivity index (χ3v) is 1.56. The second-order valence-electron chi connectivity index (χ2n) is 2.08. The Kier molecular flexibility index (Phi) is 2.35. The van der Waals surface area contributed by atoms with E-state index in [9.17, 15) is 0 Å². The lowest BCUT2D eigenvalue weighted by Gasteiger charge is -1.94. The Balaban J connectivity index is 3.18. The van der Waals surface area contributed by atoms with Crippen molar-refractivity contribution in [1.82, 2.24) is 0 Å². The van der Waals surface area contributed by atoms with E-state index in [0.717, 1.165) is 11.3 Å². The maximum absolute atomic E-state index is 5.72. The molecule has 10 heavy (non-hydrogen) atoms. The van der Waals surface area contributed by atoms with Crippen LogP contribution < -0.4 is 0 Å². The lowest BCUT2D eigenvalue weighted by molar-refractivity contribution is 1.44. The standard InChI is InChI=1S/C7H6ClNS/c1-5-2-6(8)4-7(3-5)9-10/h2-4H,1H3. The smallest absolute Gasteiger partial charge is 0.0786 e. The molecule has 0 bridgehead atoms. The van der Waals surface area contributed by atoms with Gasteiger partial charge in [-0.2, -0.15) is 4.36 Å². The first-order chi connectivity index (χ1) is 4.72. The highest BCUT2D eigenvalue weighted by molar-refractivity contribution is 7.47. The molecule has 1 rings (SSSR count). The average Bonchev–Trinajstić information content (AvgIpc) is 1.85. The SMILES string of the molecule is Cc1cc(Cl)cc(N=S)c1. The molecule has 0 aliphatic carbocycles. The molecule has 0 saturated heterocycles. The summed E-state index contributed by atoms with van der Waals surface area (Å²) in [6.45, 7) is 1.95. The zero-order valence-corrected chi connectivity index (χ0v) is 7.04. The van der Waals surface area contributed by atoms with Gasteiger partial charge in [-0.1, -0.05) is 11.6 Å². The summed E-state index contributed by atoms with van der Waals surface area (Å²) in [6, 6.07) is 5.49. The average molecular weight is 172 g/mol. The molecular formula is C7H6ClNS. The van der Waals surface area contributed by atoms with Crippen LogP contribution in [0.5, 0.6) is 0 Å². The maximum Gasteiger partial charge on any atom is 0.0786 e. The van der Waals surface area contributed by atoms with Gasteiger partial charge in [0.1, 0.15) is 0 Å². The second kappa shape index (κ2) is 3.08. The molecule has 0 fully saturated rings. The van der Waals surface area contributed by atoms with Crippen LogP contribution in [0.15, 0.2) is 22.6 Å². The minimum atomic E-state index is 0.684. The Bertz CT molecular complexity index is 240. The summed E-state index contributed by atoms with van der Waals surface area (Å²) in [6.07, 6.45) is 0. The fourth-order valence-electron chi connectivity index (χ4n) is 0.770. The summed E-state index contributed by atoms with van der Waals surface area (Å²) in [7, 11) is 0. The normalized spacial score (nSPS) is 9.40. The van der Waals surface area contributed by atoms with Crippen LogP contribution in [0.4, 0.5) is 5.69 Å². The summed E-state index contributed by atoms with van der Waals surface area (Å²) < 4.78 is 3.59. The Labute approximate surface area is 70.2 Å². The van der Waals surface area contributed by atoms with Gasteiger partial charge in [0.2, 0.25) is 0 Å². The van der Waals surface area contributed by atoms with Gasteiger partial charge in [-0.3, -0.25) is 0 Å². The topological polar surface area (TPSA) is 12.4 Å². The molecular weight excluding hydrogens is 166 g/mol. The van der Waals surface area contributed by atoms with E-state index < -0.39 is 0 Å². The van der Waals surface area contributed by atoms with Crippen LogP contribution in [0, 0.1) is 6.92 Å². The van der Waals surface area contributed by atoms with Crippen LogP contribution in [-0.2, 0) is 12.4 Å². The number of rotatable bonds is 1. The first kappa shape index (κ1) is 7.63. The van der Waals surface area contributed by atoms with Crippen molar-refractivity contribution >= 4 is 29.7 Å². The number of benzene rings is 1. The number of aryl methyl sites for hydroxylation is 1. The molecule has 0 aliphatic rings. The molecule has 0 unspecified atom stereocenters. The van der Waals surface area contributed by atoms with Gasteiger partial charge in [0.25, 0.3) is 0 Å². The summed E-state index contributed by atoms with van der Waals surface area (Å²) in [5.74, 6) is 0. The van der Waals surface area contributed by atoms with Gasteiger partial charge in [0, 0.05) is 17.4 Å². The lowest BCUT2D eigenvalue weighted by Crippen LogP contribution is -1.70. The first-order valence-electron chi connectivity index (χ1n) is 2.83. The molecule has 0 aromatic heterocycles. The summed E-state index contributed by atoms with van der Waals surface area (Å²) in [5, 5.41) is 0.684. The van der Waals surface area contributed by atoms with E-state index in [1.165, 1.54) is 0 Å². The molecule has 0 saturated carbocycles. The highest BCUT2D eigenvalue weighted by Crippen LogP contribution is 2.20. The van der Waals surface area contributed by atoms with E-state index in [4.69, 9.17) is 11.6 Å². The monoisotopic (exact) mass is 171 g/mol. The van der Waals surface area contributed by atoms with Crippen LogP contribution in [0.25, 0.3) is 0 Å². The first-order valence-corrected chi connectivity index (χ1v) is 3.57. The third-order valence-electron chi connectivity index (χ3n) is 1.13. The molecule has 0 aliphatic heterocycles. The second-order valence-corrected chi connectivity index (χ2v) is 2.70. The number of hydrogen-bond acceptors (Lipinski definition) is 2. The zero-order valence-electron chi connectivity index (χ0n) is 5.47. The molecule has 3 heteroatoms. The van der Waals surface area contributed by atoms with Crippen LogP contribution in [0.1, 0.15) is 5.56 Å². The molecule has 0 amide bonds. The quantitative estimate of drug-likeness (QED) is 0.633. The fraction of sp³-hybridized carbons (Fsp3) is 0.143. The number of halogens is 1. The molecule has 0 radical (unpaired) electrons. The van der Waals surface area contributed by atoms with Gasteiger partial charge in [0.05, 0.1) is 5.69 Å². The van der Waals surface area contributed by atoms with Crippen molar-refractivity contribution in [3.8, 4) is 0 Å². The van der Waals surface area contributed by atoms with E-state index >= 15 is 0 Å². The van der Waals surface area contributed by atoms with Gasteiger partial charge in [-0.05, 0) is 30.7 Å². The van der Waals surface area contributed by atoms with Crippen molar-refractivity contribution < 1.29 is 0 Å². The van der Waals surface area contributed by atoms with Crippen molar-refractivity contribution in [1.29, 1.82) is 0 Å². The van der Waals surface area contributed by atoms with Crippen molar-refractivity contribution in [2.45, 2.75) is 6.92 Å². The van der Waals surface area contributed by atoms with Crippen LogP contribution in [-0.4, -0.2) is 0 Å². The van der Waals surface area contributed by atoms with Crippen molar-refractivity contribution in [2.75, 3.05) is 0 Å². The molecule has 1 aromatic carbocycles. The van der Waals surface area contributed by atoms with Gasteiger partial charge in [-0.25, -0.2) is 0 Å². The fourth-order valence-corrected chi connectivity index (χ4v) is 1.16. The van der Waals surface area contributed by atoms with E-state index in [-0.39, 0.29) is 0 Å². The highest BCUT2D eigenvalue weighted by Gasteiger charge is 1.92. The van der Waals surface area contributed by atoms with Gasteiger partial charge in [0.15, 0.2) is 0 Å². The Morgan fingerprint density at radius 3 is 2.60 bits per heavy atom. The Morgan fingerprint density at radius 1 is 1.40 bits per heavy atom. The third kappa shape index (κ3) is 1.75. The van der Waals surface area contributed by atoms with Gasteiger partial charge < -0.3 is 0 Å². The predicted octanol–water partition coefficient (Wildman–Crippen LogP) is 3.01. The molecule has 0 N–H and O–H groups in total. The number of hydrogen-bond donors (Lipinski definition) is 0. The van der Waals surface area contributed by atoms with Gasteiger partial charge in [-0.15, -0.1) is 0 Å². The number of nitrogens with zero attached hydrogens (tertiary/aromatic N) is 1. The largest absolute Gasteiger partial charge is 0.182 e. The maximum atomic E-state index is 5.72. The molecule has 0 spiro atoms. The summed E-state index contributed by atoms with van der Waals surface area (Å²) >= 11 is 10.2. The van der Waals surface area contributed by atoms with Gasteiger partial charge >= 0.3 is 0 Å². The van der Waals surface area contributed by atoms with E-state index in [1.54, 1.807) is 6.07 Å². The highest BCUT2D eigenvalue weighted by atomic mass is 35.5. The lowest BCUT2D eigenvalue weighted by atomic mass is 10.2. The zero-order chi connectivity index (χ0) is 7.56. The molecule has 52 valence electrons. The van der Waals surface area contributed by atoms with Crippen molar-refractivity contribution in [2.24, 2.45) is 4.36 Å². The molecule has 1 aromatic rings. The predicted molar refractivity (Wildman–Crippen MR) is 45.6 cm³/mol. The molecule has 1 nitrogen and oxygen atoms in total. The van der Waals surface area contributed by atoms with E-state index in [2.05, 4.69) is 16.8 Å². The molecule has 0 heterocycles. The summed E-state index contributed by atoms with van der Waals surface area (Å²) in [5.41, 5.74) is 1.83. The van der Waals surface area contributed by atoms with E-state index in [0.29, 0.717) is 5.02 Å². The minimum absolute atomic E-state index is 0.684. The Hall–Kier alpha value is -0.470. The van der Waals surface area contributed by atoms with Crippen LogP contribution >= 0.6 is 11.6 Å². The molecule has 0 atom stereocenters. The van der Waals surface area contributed by atoms with E-state index in [1.807, 2.05) is 19.1 Å². The summed E-state index contributed by atoms with van der Waals surface area (Å²) in [4.78, 5) is 0. The van der Waals surface area contributed by atoms with Crippen molar-refractivity contribution in [3.63, 3.8) is 0 Å². The van der Waals surface area contributed by atoms with Crippen LogP contribution in [0.2, 0.25) is 5.02 Å². The minimum Gasteiger partial charge on any atom is -0.182 e. The van der Waals surface area contributed by atoms with Crippen molar-refractivity contribution in [3.05, 3.63) is 28.8 Å². The van der Waals surface area contributed by atoms with Crippen LogP contribution in [0.3, 0.4) is 0 Å².